The number of nitrogens with one attached hydrogen (secondary N) is 1. The molecule has 5 aromatic rings. The van der Waals surface area contributed by atoms with E-state index in [9.17, 15) is 14.7 Å². The van der Waals surface area contributed by atoms with Crippen molar-refractivity contribution in [1.29, 1.82) is 0 Å². The summed E-state index contributed by atoms with van der Waals surface area (Å²) in [5.74, 6) is -0.469. The Morgan fingerprint density at radius 2 is 1.82 bits per heavy atom. The first-order valence-corrected chi connectivity index (χ1v) is 11.4. The molecule has 5 rings (SSSR count). The van der Waals surface area contributed by atoms with Crippen LogP contribution in [0.1, 0.15) is 22.8 Å². The smallest absolute Gasteiger partial charge is 0.337 e. The van der Waals surface area contributed by atoms with Crippen LogP contribution in [-0.2, 0) is 6.54 Å². The highest BCUT2D eigenvalue weighted by Crippen LogP contribution is 2.31. The Balaban J connectivity index is 1.53. The van der Waals surface area contributed by atoms with Crippen molar-refractivity contribution in [2.24, 2.45) is 0 Å². The van der Waals surface area contributed by atoms with Crippen molar-refractivity contribution in [2.45, 2.75) is 13.5 Å². The molecule has 2 aromatic heterocycles. The number of imidazole rings is 1. The zero-order valence-corrected chi connectivity index (χ0v) is 19.0. The monoisotopic (exact) mass is 472 g/mol. The second-order valence-corrected chi connectivity index (χ2v) is 8.31. The summed E-state index contributed by atoms with van der Waals surface area (Å²) in [6.07, 6.45) is 0. The third-order valence-electron chi connectivity index (χ3n) is 5.46. The number of carbonyl (C=O) groups is 1. The van der Waals surface area contributed by atoms with Gasteiger partial charge in [0.25, 0.3) is 6.01 Å². The number of ether oxygens (including phenoxy) is 1. The van der Waals surface area contributed by atoms with Gasteiger partial charge in [-0.1, -0.05) is 54.6 Å². The van der Waals surface area contributed by atoms with E-state index in [-0.39, 0.29) is 10.4 Å². The van der Waals surface area contributed by atoms with Gasteiger partial charge in [-0.25, -0.2) is 4.79 Å². The molecule has 8 nitrogen and oxygen atoms in total. The highest BCUT2D eigenvalue weighted by Gasteiger charge is 2.19. The number of carboxylic acids is 1. The van der Waals surface area contributed by atoms with Crippen molar-refractivity contribution in [3.05, 3.63) is 87.5 Å². The first kappa shape index (κ1) is 21.6. The molecule has 34 heavy (non-hydrogen) atoms. The first-order chi connectivity index (χ1) is 16.5. The molecule has 0 amide bonds. The molecule has 0 fully saturated rings. The lowest BCUT2D eigenvalue weighted by Gasteiger charge is -2.12. The predicted octanol–water partition coefficient (Wildman–Crippen LogP) is 4.66. The molecule has 3 aromatic carbocycles. The fourth-order valence-corrected chi connectivity index (χ4v) is 4.44. The van der Waals surface area contributed by atoms with Gasteiger partial charge in [0.2, 0.25) is 0 Å². The van der Waals surface area contributed by atoms with E-state index in [0.29, 0.717) is 36.0 Å². The standard InChI is InChI=1S/C25H20N4O4S/c1-2-33-24-26-20-9-5-8-19(23(30)31)21(20)29(24)14-15-10-12-16(13-11-15)17-6-3-4-7-18(17)22-27-25(32)34-28-22/h3-13H,2,14H2,1H3,(H,30,31)(H,27,28,32). The maximum absolute atomic E-state index is 11.8. The minimum atomic E-state index is -1.01. The number of fused-ring (bicyclic) bond motifs is 1. The minimum Gasteiger partial charge on any atom is -0.478 e. The van der Waals surface area contributed by atoms with Crippen LogP contribution in [0.4, 0.5) is 0 Å². The number of aromatic amines is 1. The number of rotatable bonds is 7. The summed E-state index contributed by atoms with van der Waals surface area (Å²) in [7, 11) is 0. The molecular weight excluding hydrogens is 452 g/mol. The number of aromatic carboxylic acids is 1. The van der Waals surface area contributed by atoms with Crippen molar-refractivity contribution >= 4 is 28.5 Å². The third-order valence-corrected chi connectivity index (χ3v) is 6.01. The Kier molecular flexibility index (Phi) is 5.69. The number of hydrogen-bond acceptors (Lipinski definition) is 6. The zero-order valence-electron chi connectivity index (χ0n) is 18.2. The number of nitrogens with zero attached hydrogens (tertiary/aromatic N) is 3. The number of benzene rings is 3. The number of H-pyrrole nitrogens is 1. The van der Waals surface area contributed by atoms with E-state index in [4.69, 9.17) is 4.74 Å². The van der Waals surface area contributed by atoms with Gasteiger partial charge in [0.05, 0.1) is 29.7 Å². The summed E-state index contributed by atoms with van der Waals surface area (Å²) < 4.78 is 11.7. The quantitative estimate of drug-likeness (QED) is 0.356. The average Bonchev–Trinajstić information content (AvgIpc) is 3.43. The van der Waals surface area contributed by atoms with Crippen LogP contribution in [0.15, 0.2) is 71.5 Å². The molecule has 9 heteroatoms. The highest BCUT2D eigenvalue weighted by molar-refractivity contribution is 7.03. The van der Waals surface area contributed by atoms with Gasteiger partial charge in [0.1, 0.15) is 0 Å². The SMILES string of the molecule is CCOc1nc2cccc(C(=O)O)c2n1Cc1ccc(-c2ccccc2-c2nsc(=O)[nH]2)cc1. The fraction of sp³-hybridized carbons (Fsp3) is 0.120. The van der Waals surface area contributed by atoms with Gasteiger partial charge in [0, 0.05) is 17.1 Å². The normalized spacial score (nSPS) is 11.1. The molecule has 0 saturated heterocycles. The van der Waals surface area contributed by atoms with E-state index < -0.39 is 5.97 Å². The Morgan fingerprint density at radius 1 is 1.06 bits per heavy atom. The molecule has 0 aliphatic carbocycles. The van der Waals surface area contributed by atoms with Crippen LogP contribution < -0.4 is 9.61 Å². The second-order valence-electron chi connectivity index (χ2n) is 7.58. The maximum atomic E-state index is 11.8. The first-order valence-electron chi connectivity index (χ1n) is 10.6. The molecule has 170 valence electrons. The average molecular weight is 473 g/mol. The van der Waals surface area contributed by atoms with Gasteiger partial charge in [0.15, 0.2) is 5.82 Å². The second kappa shape index (κ2) is 8.95. The van der Waals surface area contributed by atoms with Crippen LogP contribution in [0.2, 0.25) is 0 Å². The summed E-state index contributed by atoms with van der Waals surface area (Å²) in [4.78, 5) is 30.5. The van der Waals surface area contributed by atoms with Crippen LogP contribution in [-0.4, -0.2) is 36.6 Å². The molecule has 0 unspecified atom stereocenters. The lowest BCUT2D eigenvalue weighted by molar-refractivity contribution is 0.0698. The lowest BCUT2D eigenvalue weighted by Crippen LogP contribution is -2.08. The van der Waals surface area contributed by atoms with E-state index in [1.807, 2.05) is 55.5 Å². The molecule has 0 atom stereocenters. The van der Waals surface area contributed by atoms with E-state index in [0.717, 1.165) is 33.8 Å². The maximum Gasteiger partial charge on any atom is 0.337 e. The molecule has 0 bridgehead atoms. The Labute approximate surface area is 198 Å². The van der Waals surface area contributed by atoms with Crippen LogP contribution >= 0.6 is 11.5 Å². The zero-order chi connectivity index (χ0) is 23.7. The molecule has 0 saturated carbocycles. The van der Waals surface area contributed by atoms with Crippen LogP contribution in [0.25, 0.3) is 33.5 Å². The summed E-state index contributed by atoms with van der Waals surface area (Å²) in [6, 6.07) is 21.1. The Hall–Kier alpha value is -4.24. The largest absolute Gasteiger partial charge is 0.478 e. The van der Waals surface area contributed by atoms with Gasteiger partial charge in [-0.2, -0.15) is 9.36 Å². The van der Waals surface area contributed by atoms with E-state index in [1.165, 1.54) is 0 Å². The highest BCUT2D eigenvalue weighted by atomic mass is 32.1. The van der Waals surface area contributed by atoms with Crippen molar-refractivity contribution in [3.8, 4) is 28.5 Å². The molecule has 0 spiro atoms. The van der Waals surface area contributed by atoms with Gasteiger partial charge in [-0.05, 0) is 35.7 Å². The number of hydrogen-bond donors (Lipinski definition) is 2. The van der Waals surface area contributed by atoms with Crippen LogP contribution in [0.3, 0.4) is 0 Å². The summed E-state index contributed by atoms with van der Waals surface area (Å²) >= 11 is 0.894. The molecular formula is C25H20N4O4S. The molecule has 0 radical (unpaired) electrons. The Bertz CT molecular complexity index is 1550. The van der Waals surface area contributed by atoms with Crippen molar-refractivity contribution < 1.29 is 14.6 Å². The van der Waals surface area contributed by atoms with E-state index in [1.54, 1.807) is 22.8 Å². The minimum absolute atomic E-state index is 0.179. The molecule has 2 N–H and O–H groups in total. The van der Waals surface area contributed by atoms with Crippen LogP contribution in [0, 0.1) is 0 Å². The molecule has 2 heterocycles. The summed E-state index contributed by atoms with van der Waals surface area (Å²) in [5.41, 5.74) is 5.01. The van der Waals surface area contributed by atoms with Crippen molar-refractivity contribution in [2.75, 3.05) is 6.61 Å². The number of aromatic nitrogens is 4. The van der Waals surface area contributed by atoms with Gasteiger partial charge in [-0.15, -0.1) is 0 Å². The topological polar surface area (TPSA) is 110 Å². The van der Waals surface area contributed by atoms with Crippen molar-refractivity contribution in [1.82, 2.24) is 18.9 Å². The van der Waals surface area contributed by atoms with Gasteiger partial charge < -0.3 is 9.84 Å². The fourth-order valence-electron chi connectivity index (χ4n) is 3.98. The molecule has 0 aliphatic heterocycles. The van der Waals surface area contributed by atoms with Gasteiger partial charge in [-0.3, -0.25) is 14.3 Å². The number of para-hydroxylation sites is 1. The summed E-state index contributed by atoms with van der Waals surface area (Å²) in [5, 5.41) is 9.69. The van der Waals surface area contributed by atoms with Crippen molar-refractivity contribution in [3.63, 3.8) is 0 Å². The van der Waals surface area contributed by atoms with Gasteiger partial charge >= 0.3 is 10.8 Å². The molecule has 0 aliphatic rings. The summed E-state index contributed by atoms with van der Waals surface area (Å²) in [6.45, 7) is 2.68. The predicted molar refractivity (Wildman–Crippen MR) is 131 cm³/mol. The van der Waals surface area contributed by atoms with Crippen LogP contribution in [0.5, 0.6) is 6.01 Å². The number of carboxylic acid groups (broad SMARTS) is 1. The lowest BCUT2D eigenvalue weighted by atomic mass is 9.98. The van der Waals surface area contributed by atoms with E-state index >= 15 is 0 Å². The van der Waals surface area contributed by atoms with E-state index in [2.05, 4.69) is 14.3 Å². The third kappa shape index (κ3) is 3.97. The Morgan fingerprint density at radius 3 is 2.50 bits per heavy atom.